The molecule has 0 heteroatoms. The lowest BCUT2D eigenvalue weighted by atomic mass is 9.97. The van der Waals surface area contributed by atoms with Gasteiger partial charge in [-0.1, -0.05) is 30.2 Å². The van der Waals surface area contributed by atoms with Crippen molar-refractivity contribution in [1.82, 2.24) is 0 Å². The Hall–Kier alpha value is -0.520. The summed E-state index contributed by atoms with van der Waals surface area (Å²) in [6, 6.07) is 0. The van der Waals surface area contributed by atoms with Crippen molar-refractivity contribution in [3.05, 3.63) is 23.3 Å². The molecule has 2 rings (SSSR count). The lowest BCUT2D eigenvalue weighted by Gasteiger charge is -2.08. The van der Waals surface area contributed by atoms with Gasteiger partial charge in [0.15, 0.2) is 0 Å². The monoisotopic (exact) mass is 120 g/mol. The maximum atomic E-state index is 2.34. The van der Waals surface area contributed by atoms with Gasteiger partial charge >= 0.3 is 0 Å². The lowest BCUT2D eigenvalue weighted by Crippen LogP contribution is -1.96. The Balaban J connectivity index is 2.27. The molecule has 0 N–H and O–H groups in total. The molecule has 2 unspecified atom stereocenters. The van der Waals surface area contributed by atoms with Crippen LogP contribution in [0.15, 0.2) is 23.3 Å². The maximum absolute atomic E-state index is 2.34. The number of hydrogen-bond acceptors (Lipinski definition) is 0. The van der Waals surface area contributed by atoms with Crippen LogP contribution >= 0.6 is 0 Å². The molecule has 2 atom stereocenters. The highest BCUT2D eigenvalue weighted by molar-refractivity contribution is 5.47. The SMILES string of the molecule is CC1=C2C(C)CC=CC12. The third-order valence-electron chi connectivity index (χ3n) is 2.52. The van der Waals surface area contributed by atoms with Crippen LogP contribution in [0.25, 0.3) is 0 Å². The molecule has 0 aromatic carbocycles. The van der Waals surface area contributed by atoms with E-state index in [1.54, 1.807) is 11.1 Å². The van der Waals surface area contributed by atoms with Gasteiger partial charge in [-0.3, -0.25) is 0 Å². The van der Waals surface area contributed by atoms with Crippen molar-refractivity contribution in [3.63, 3.8) is 0 Å². The average molecular weight is 120 g/mol. The van der Waals surface area contributed by atoms with Gasteiger partial charge in [0.1, 0.15) is 0 Å². The van der Waals surface area contributed by atoms with E-state index in [2.05, 4.69) is 26.0 Å². The highest BCUT2D eigenvalue weighted by Gasteiger charge is 2.35. The van der Waals surface area contributed by atoms with Crippen LogP contribution < -0.4 is 0 Å². The molecule has 48 valence electrons. The molecule has 2 aliphatic rings. The topological polar surface area (TPSA) is 0 Å². The number of allylic oxidation sites excluding steroid dienone is 4. The summed E-state index contributed by atoms with van der Waals surface area (Å²) in [5, 5.41) is 0. The third-order valence-corrected chi connectivity index (χ3v) is 2.52. The predicted molar refractivity (Wildman–Crippen MR) is 39.1 cm³/mol. The van der Waals surface area contributed by atoms with E-state index in [1.165, 1.54) is 6.42 Å². The second kappa shape index (κ2) is 1.50. The second-order valence-corrected chi connectivity index (χ2v) is 3.18. The van der Waals surface area contributed by atoms with Crippen molar-refractivity contribution in [1.29, 1.82) is 0 Å². The summed E-state index contributed by atoms with van der Waals surface area (Å²) in [5.41, 5.74) is 3.36. The van der Waals surface area contributed by atoms with Gasteiger partial charge in [-0.2, -0.15) is 0 Å². The zero-order chi connectivity index (χ0) is 6.43. The minimum absolute atomic E-state index is 0.800. The standard InChI is InChI=1S/C9H12/c1-6-4-3-5-8-7(2)9(6)8/h3,5-6,8H,4H2,1-2H3. The number of hydrogen-bond donors (Lipinski definition) is 0. The van der Waals surface area contributed by atoms with Gasteiger partial charge in [0, 0.05) is 5.92 Å². The molecular weight excluding hydrogens is 108 g/mol. The Morgan fingerprint density at radius 2 is 2.33 bits per heavy atom. The molecule has 0 aromatic rings. The molecule has 0 saturated heterocycles. The Bertz CT molecular complexity index is 196. The van der Waals surface area contributed by atoms with Gasteiger partial charge in [0.05, 0.1) is 0 Å². The molecule has 0 radical (unpaired) electrons. The molecule has 0 amide bonds. The van der Waals surface area contributed by atoms with Crippen LogP contribution in [0.5, 0.6) is 0 Å². The van der Waals surface area contributed by atoms with Gasteiger partial charge in [-0.05, 0) is 19.3 Å². The van der Waals surface area contributed by atoms with E-state index in [1.807, 2.05) is 0 Å². The fraction of sp³-hybridized carbons (Fsp3) is 0.556. The molecule has 9 heavy (non-hydrogen) atoms. The van der Waals surface area contributed by atoms with Crippen LogP contribution in [0.2, 0.25) is 0 Å². The van der Waals surface area contributed by atoms with E-state index in [-0.39, 0.29) is 0 Å². The first kappa shape index (κ1) is 5.28. The predicted octanol–water partition coefficient (Wildman–Crippen LogP) is 2.53. The van der Waals surface area contributed by atoms with Crippen LogP contribution in [0.1, 0.15) is 20.3 Å². The average Bonchev–Trinajstić information content (AvgIpc) is 2.45. The minimum Gasteiger partial charge on any atom is -0.0870 e. The van der Waals surface area contributed by atoms with Crippen molar-refractivity contribution in [2.24, 2.45) is 11.8 Å². The largest absolute Gasteiger partial charge is 0.0870 e. The van der Waals surface area contributed by atoms with Gasteiger partial charge in [0.2, 0.25) is 0 Å². The fourth-order valence-electron chi connectivity index (χ4n) is 1.87. The quantitative estimate of drug-likeness (QED) is 0.431. The Labute approximate surface area is 56.3 Å². The zero-order valence-corrected chi connectivity index (χ0v) is 6.02. The number of rotatable bonds is 0. The smallest absolute Gasteiger partial charge is 0.0193 e. The summed E-state index contributed by atoms with van der Waals surface area (Å²) in [6.45, 7) is 4.58. The van der Waals surface area contributed by atoms with Crippen LogP contribution in [0, 0.1) is 11.8 Å². The lowest BCUT2D eigenvalue weighted by molar-refractivity contribution is 0.675. The van der Waals surface area contributed by atoms with Gasteiger partial charge in [-0.15, -0.1) is 0 Å². The Morgan fingerprint density at radius 1 is 1.56 bits per heavy atom. The first-order valence-corrected chi connectivity index (χ1v) is 3.68. The van der Waals surface area contributed by atoms with Crippen molar-refractivity contribution < 1.29 is 0 Å². The van der Waals surface area contributed by atoms with E-state index in [0.717, 1.165) is 11.8 Å². The molecule has 0 saturated carbocycles. The summed E-state index contributed by atoms with van der Waals surface area (Å²) >= 11 is 0. The molecule has 0 spiro atoms. The molecule has 0 aromatic heterocycles. The number of fused-ring (bicyclic) bond motifs is 1. The van der Waals surface area contributed by atoms with Gasteiger partial charge < -0.3 is 0 Å². The molecule has 0 fully saturated rings. The Kier molecular flexibility index (Phi) is 0.879. The molecule has 2 aliphatic carbocycles. The normalized spacial score (nSPS) is 38.9. The first-order valence-electron chi connectivity index (χ1n) is 3.68. The van der Waals surface area contributed by atoms with Gasteiger partial charge in [0.25, 0.3) is 0 Å². The molecule has 0 nitrogen and oxygen atoms in total. The fourth-order valence-corrected chi connectivity index (χ4v) is 1.87. The zero-order valence-electron chi connectivity index (χ0n) is 6.02. The third kappa shape index (κ3) is 0.592. The molecule has 0 bridgehead atoms. The Morgan fingerprint density at radius 3 is 2.89 bits per heavy atom. The van der Waals surface area contributed by atoms with Crippen LogP contribution in [0.4, 0.5) is 0 Å². The van der Waals surface area contributed by atoms with Crippen molar-refractivity contribution in [2.45, 2.75) is 20.3 Å². The van der Waals surface area contributed by atoms with Crippen LogP contribution in [0.3, 0.4) is 0 Å². The first-order chi connectivity index (χ1) is 4.30. The van der Waals surface area contributed by atoms with Crippen molar-refractivity contribution in [2.75, 3.05) is 0 Å². The highest BCUT2D eigenvalue weighted by atomic mass is 14.4. The summed E-state index contributed by atoms with van der Waals surface area (Å²) in [4.78, 5) is 0. The molecule has 0 heterocycles. The van der Waals surface area contributed by atoms with Crippen molar-refractivity contribution in [3.8, 4) is 0 Å². The maximum Gasteiger partial charge on any atom is 0.0193 e. The van der Waals surface area contributed by atoms with E-state index in [0.29, 0.717) is 0 Å². The summed E-state index contributed by atoms with van der Waals surface area (Å²) < 4.78 is 0. The van der Waals surface area contributed by atoms with Crippen molar-refractivity contribution >= 4 is 0 Å². The molecule has 0 aliphatic heterocycles. The van der Waals surface area contributed by atoms with Crippen LogP contribution in [-0.4, -0.2) is 0 Å². The second-order valence-electron chi connectivity index (χ2n) is 3.18. The van der Waals surface area contributed by atoms with E-state index < -0.39 is 0 Å². The summed E-state index contributed by atoms with van der Waals surface area (Å²) in [5.74, 6) is 1.65. The summed E-state index contributed by atoms with van der Waals surface area (Å²) in [7, 11) is 0. The van der Waals surface area contributed by atoms with Crippen LogP contribution in [-0.2, 0) is 0 Å². The van der Waals surface area contributed by atoms with Gasteiger partial charge in [-0.25, -0.2) is 0 Å². The highest BCUT2D eigenvalue weighted by Crippen LogP contribution is 2.48. The van der Waals surface area contributed by atoms with E-state index in [9.17, 15) is 0 Å². The minimum atomic E-state index is 0.800. The molecular formula is C9H12. The summed E-state index contributed by atoms with van der Waals surface area (Å²) in [6.07, 6.45) is 5.92. The van der Waals surface area contributed by atoms with E-state index >= 15 is 0 Å². The van der Waals surface area contributed by atoms with E-state index in [4.69, 9.17) is 0 Å².